The van der Waals surface area contributed by atoms with Gasteiger partial charge >= 0.3 is 0 Å². The predicted molar refractivity (Wildman–Crippen MR) is 72.5 cm³/mol. The SMILES string of the molecule is CCOC1CCN(C(=O)c2cccnc2Br)CC1. The van der Waals surface area contributed by atoms with Crippen molar-refractivity contribution < 1.29 is 9.53 Å². The van der Waals surface area contributed by atoms with Crippen LogP contribution in [0.5, 0.6) is 0 Å². The van der Waals surface area contributed by atoms with Crippen molar-refractivity contribution in [1.82, 2.24) is 9.88 Å². The van der Waals surface area contributed by atoms with E-state index in [4.69, 9.17) is 4.74 Å². The molecule has 4 nitrogen and oxygen atoms in total. The zero-order valence-electron chi connectivity index (χ0n) is 10.4. The predicted octanol–water partition coefficient (Wildman–Crippen LogP) is 2.49. The summed E-state index contributed by atoms with van der Waals surface area (Å²) >= 11 is 3.32. The number of piperidine rings is 1. The van der Waals surface area contributed by atoms with E-state index >= 15 is 0 Å². The molecule has 0 aliphatic carbocycles. The summed E-state index contributed by atoms with van der Waals surface area (Å²) in [5, 5.41) is 0. The lowest BCUT2D eigenvalue weighted by molar-refractivity contribution is 0.0145. The lowest BCUT2D eigenvalue weighted by Gasteiger charge is -2.31. The van der Waals surface area contributed by atoms with Crippen molar-refractivity contribution in [1.29, 1.82) is 0 Å². The average molecular weight is 313 g/mol. The van der Waals surface area contributed by atoms with Crippen LogP contribution in [0.4, 0.5) is 0 Å². The summed E-state index contributed by atoms with van der Waals surface area (Å²) in [6.45, 7) is 4.26. The molecule has 5 heteroatoms. The third kappa shape index (κ3) is 3.09. The number of hydrogen-bond donors (Lipinski definition) is 0. The Morgan fingerprint density at radius 3 is 2.89 bits per heavy atom. The fourth-order valence-corrected chi connectivity index (χ4v) is 2.60. The Kier molecular flexibility index (Phi) is 4.72. The van der Waals surface area contributed by atoms with Gasteiger partial charge in [-0.15, -0.1) is 0 Å². The van der Waals surface area contributed by atoms with E-state index in [1.54, 1.807) is 18.3 Å². The zero-order chi connectivity index (χ0) is 13.0. The van der Waals surface area contributed by atoms with E-state index in [2.05, 4.69) is 20.9 Å². The lowest BCUT2D eigenvalue weighted by atomic mass is 10.1. The van der Waals surface area contributed by atoms with Gasteiger partial charge in [0.2, 0.25) is 0 Å². The molecule has 98 valence electrons. The number of hydrogen-bond acceptors (Lipinski definition) is 3. The highest BCUT2D eigenvalue weighted by atomic mass is 79.9. The van der Waals surface area contributed by atoms with Crippen molar-refractivity contribution in [2.24, 2.45) is 0 Å². The molecule has 0 unspecified atom stereocenters. The molecule has 0 atom stereocenters. The Bertz CT molecular complexity index is 417. The number of ether oxygens (including phenoxy) is 1. The number of amides is 1. The van der Waals surface area contributed by atoms with Gasteiger partial charge < -0.3 is 9.64 Å². The second-order valence-corrected chi connectivity index (χ2v) is 5.04. The molecule has 1 aliphatic heterocycles. The van der Waals surface area contributed by atoms with Crippen LogP contribution < -0.4 is 0 Å². The van der Waals surface area contributed by atoms with Gasteiger partial charge in [-0.05, 0) is 47.8 Å². The van der Waals surface area contributed by atoms with E-state index in [1.165, 1.54) is 0 Å². The number of rotatable bonds is 3. The zero-order valence-corrected chi connectivity index (χ0v) is 12.0. The van der Waals surface area contributed by atoms with Crippen molar-refractivity contribution in [3.8, 4) is 0 Å². The molecule has 1 aliphatic rings. The molecular weight excluding hydrogens is 296 g/mol. The van der Waals surface area contributed by atoms with Crippen LogP contribution >= 0.6 is 15.9 Å². The van der Waals surface area contributed by atoms with Gasteiger partial charge in [0.1, 0.15) is 4.60 Å². The van der Waals surface area contributed by atoms with Gasteiger partial charge in [-0.1, -0.05) is 0 Å². The Morgan fingerprint density at radius 1 is 1.56 bits per heavy atom. The topological polar surface area (TPSA) is 42.4 Å². The first kappa shape index (κ1) is 13.5. The molecule has 0 bridgehead atoms. The molecule has 1 aromatic rings. The second-order valence-electron chi connectivity index (χ2n) is 4.29. The second kappa shape index (κ2) is 6.29. The van der Waals surface area contributed by atoms with Gasteiger partial charge in [-0.25, -0.2) is 4.98 Å². The molecule has 18 heavy (non-hydrogen) atoms. The van der Waals surface area contributed by atoms with E-state index in [9.17, 15) is 4.79 Å². The Labute approximate surface area is 115 Å². The quantitative estimate of drug-likeness (QED) is 0.805. The van der Waals surface area contributed by atoms with Gasteiger partial charge in [0.15, 0.2) is 0 Å². The number of nitrogens with zero attached hydrogens (tertiary/aromatic N) is 2. The lowest BCUT2D eigenvalue weighted by Crippen LogP contribution is -2.41. The summed E-state index contributed by atoms with van der Waals surface area (Å²) in [4.78, 5) is 18.3. The van der Waals surface area contributed by atoms with Crippen LogP contribution in [0.15, 0.2) is 22.9 Å². The number of pyridine rings is 1. The standard InChI is InChI=1S/C13H17BrN2O2/c1-2-18-10-5-8-16(9-6-10)13(17)11-4-3-7-15-12(11)14/h3-4,7,10H,2,5-6,8-9H2,1H3. The maximum absolute atomic E-state index is 12.3. The summed E-state index contributed by atoms with van der Waals surface area (Å²) in [5.74, 6) is 0.0462. The highest BCUT2D eigenvalue weighted by Gasteiger charge is 2.24. The van der Waals surface area contributed by atoms with Crippen molar-refractivity contribution in [2.75, 3.05) is 19.7 Å². The van der Waals surface area contributed by atoms with Crippen LogP contribution in [0.3, 0.4) is 0 Å². The highest BCUT2D eigenvalue weighted by Crippen LogP contribution is 2.19. The first-order chi connectivity index (χ1) is 8.72. The van der Waals surface area contributed by atoms with E-state index in [1.807, 2.05) is 11.8 Å². The fourth-order valence-electron chi connectivity index (χ4n) is 2.18. The highest BCUT2D eigenvalue weighted by molar-refractivity contribution is 9.10. The van der Waals surface area contributed by atoms with Gasteiger partial charge in [0, 0.05) is 25.9 Å². The van der Waals surface area contributed by atoms with Crippen LogP contribution in [-0.2, 0) is 4.74 Å². The summed E-state index contributed by atoms with van der Waals surface area (Å²) < 4.78 is 6.19. The summed E-state index contributed by atoms with van der Waals surface area (Å²) in [6.07, 6.45) is 3.80. The summed E-state index contributed by atoms with van der Waals surface area (Å²) in [6, 6.07) is 3.58. The number of halogens is 1. The molecule has 0 saturated carbocycles. The smallest absolute Gasteiger partial charge is 0.256 e. The molecule has 1 amide bonds. The van der Waals surface area contributed by atoms with Gasteiger partial charge in [-0.3, -0.25) is 4.79 Å². The van der Waals surface area contributed by atoms with Crippen molar-refractivity contribution >= 4 is 21.8 Å². The minimum absolute atomic E-state index is 0.0462. The third-order valence-corrected chi connectivity index (χ3v) is 3.75. The van der Waals surface area contributed by atoms with Crippen LogP contribution in [0.2, 0.25) is 0 Å². The minimum Gasteiger partial charge on any atom is -0.378 e. The van der Waals surface area contributed by atoms with Crippen LogP contribution in [-0.4, -0.2) is 41.6 Å². The summed E-state index contributed by atoms with van der Waals surface area (Å²) in [5.41, 5.74) is 0.632. The number of carbonyl (C=O) groups is 1. The van der Waals surface area contributed by atoms with E-state index in [0.717, 1.165) is 32.5 Å². The molecule has 0 aromatic carbocycles. The molecule has 1 fully saturated rings. The summed E-state index contributed by atoms with van der Waals surface area (Å²) in [7, 11) is 0. The van der Waals surface area contributed by atoms with E-state index < -0.39 is 0 Å². The van der Waals surface area contributed by atoms with E-state index in [0.29, 0.717) is 16.3 Å². The number of carbonyl (C=O) groups excluding carboxylic acids is 1. The normalized spacial score (nSPS) is 16.9. The van der Waals surface area contributed by atoms with Crippen molar-refractivity contribution in [3.05, 3.63) is 28.5 Å². The molecule has 1 aromatic heterocycles. The molecule has 2 heterocycles. The average Bonchev–Trinajstić information content (AvgIpc) is 2.40. The molecule has 0 spiro atoms. The Morgan fingerprint density at radius 2 is 2.28 bits per heavy atom. The van der Waals surface area contributed by atoms with Crippen LogP contribution in [0, 0.1) is 0 Å². The van der Waals surface area contributed by atoms with Crippen molar-refractivity contribution in [2.45, 2.75) is 25.9 Å². The molecule has 1 saturated heterocycles. The first-order valence-corrected chi connectivity index (χ1v) is 7.03. The maximum Gasteiger partial charge on any atom is 0.256 e. The monoisotopic (exact) mass is 312 g/mol. The van der Waals surface area contributed by atoms with E-state index in [-0.39, 0.29) is 5.91 Å². The van der Waals surface area contributed by atoms with Gasteiger partial charge in [0.05, 0.1) is 11.7 Å². The van der Waals surface area contributed by atoms with Gasteiger partial charge in [-0.2, -0.15) is 0 Å². The largest absolute Gasteiger partial charge is 0.378 e. The number of likely N-dealkylation sites (tertiary alicyclic amines) is 1. The fraction of sp³-hybridized carbons (Fsp3) is 0.538. The number of aromatic nitrogens is 1. The first-order valence-electron chi connectivity index (χ1n) is 6.23. The third-order valence-electron chi connectivity index (χ3n) is 3.12. The molecule has 0 N–H and O–H groups in total. The molecule has 2 rings (SSSR count). The molecular formula is C13H17BrN2O2. The van der Waals surface area contributed by atoms with Crippen molar-refractivity contribution in [3.63, 3.8) is 0 Å². The van der Waals surface area contributed by atoms with Crippen LogP contribution in [0.25, 0.3) is 0 Å². The minimum atomic E-state index is 0.0462. The van der Waals surface area contributed by atoms with Gasteiger partial charge in [0.25, 0.3) is 5.91 Å². The maximum atomic E-state index is 12.3. The van der Waals surface area contributed by atoms with Crippen LogP contribution in [0.1, 0.15) is 30.1 Å². The molecule has 0 radical (unpaired) electrons. The Hall–Kier alpha value is -0.940. The Balaban J connectivity index is 1.98.